The van der Waals surface area contributed by atoms with E-state index in [9.17, 15) is 9.18 Å². The maximum Gasteiger partial charge on any atom is 0.266 e. The van der Waals surface area contributed by atoms with E-state index < -0.39 is 0 Å². The molecule has 0 unspecified atom stereocenters. The molecule has 3 aromatic carbocycles. The molecule has 4 nitrogen and oxygen atoms in total. The fourth-order valence-corrected chi connectivity index (χ4v) is 4.89. The Morgan fingerprint density at radius 3 is 2.51 bits per heavy atom. The van der Waals surface area contributed by atoms with E-state index in [1.807, 2.05) is 36.4 Å². The first kappa shape index (κ1) is 25.5. The lowest BCUT2D eigenvalue weighted by molar-refractivity contribution is -0.122. The predicted octanol–water partition coefficient (Wildman–Crippen LogP) is 8.08. The minimum absolute atomic E-state index is 0.0964. The number of halogens is 3. The summed E-state index contributed by atoms with van der Waals surface area (Å²) < 4.78 is 20.1. The van der Waals surface area contributed by atoms with Crippen LogP contribution < -0.4 is 4.74 Å². The second-order valence-electron chi connectivity index (χ2n) is 8.39. The number of aliphatic imine (C=N–C) groups is 1. The van der Waals surface area contributed by atoms with E-state index in [1.54, 1.807) is 29.2 Å². The molecule has 0 atom stereocenters. The predicted molar refractivity (Wildman–Crippen MR) is 146 cm³/mol. The van der Waals surface area contributed by atoms with Crippen LogP contribution in [0.2, 0.25) is 5.02 Å². The van der Waals surface area contributed by atoms with Gasteiger partial charge in [-0.1, -0.05) is 53.5 Å². The van der Waals surface area contributed by atoms with Crippen molar-refractivity contribution in [2.75, 3.05) is 6.54 Å². The smallest absolute Gasteiger partial charge is 0.266 e. The maximum atomic E-state index is 13.4. The zero-order chi connectivity index (χ0) is 24.9. The summed E-state index contributed by atoms with van der Waals surface area (Å²) in [5.41, 5.74) is 2.33. The molecule has 1 aliphatic heterocycles. The van der Waals surface area contributed by atoms with Crippen LogP contribution >= 0.6 is 39.3 Å². The number of amidine groups is 1. The molecular weight excluding hydrogens is 551 g/mol. The van der Waals surface area contributed by atoms with Crippen molar-refractivity contribution >= 4 is 62.1 Å². The van der Waals surface area contributed by atoms with Crippen LogP contribution in [0.1, 0.15) is 25.0 Å². The first-order valence-electron chi connectivity index (χ1n) is 11.0. The molecule has 180 valence electrons. The van der Waals surface area contributed by atoms with E-state index in [0.717, 1.165) is 21.3 Å². The number of nitrogens with zero attached hydrogens (tertiary/aromatic N) is 2. The van der Waals surface area contributed by atoms with Crippen LogP contribution in [0.5, 0.6) is 5.75 Å². The minimum Gasteiger partial charge on any atom is -0.488 e. The van der Waals surface area contributed by atoms with Gasteiger partial charge in [-0.25, -0.2) is 9.38 Å². The summed E-state index contributed by atoms with van der Waals surface area (Å²) in [6.45, 7) is 4.97. The van der Waals surface area contributed by atoms with Crippen LogP contribution in [0.3, 0.4) is 0 Å². The summed E-state index contributed by atoms with van der Waals surface area (Å²) >= 11 is 10.8. The van der Waals surface area contributed by atoms with E-state index in [0.29, 0.717) is 27.4 Å². The largest absolute Gasteiger partial charge is 0.488 e. The lowest BCUT2D eigenvalue weighted by atomic mass is 10.1. The summed E-state index contributed by atoms with van der Waals surface area (Å²) in [5.74, 6) is 0.509. The van der Waals surface area contributed by atoms with Gasteiger partial charge in [-0.15, -0.1) is 0 Å². The van der Waals surface area contributed by atoms with Gasteiger partial charge in [0, 0.05) is 21.6 Å². The SMILES string of the molecule is CC(C)CN1C(=O)/C(=C/c2cc(Br)ccc2OCc2ccc(F)cc2)SC1=Nc1ccc(Cl)cc1. The number of ether oxygens (including phenoxy) is 1. The molecule has 3 aromatic rings. The Balaban J connectivity index is 1.63. The van der Waals surface area contributed by atoms with Gasteiger partial charge in [-0.2, -0.15) is 0 Å². The van der Waals surface area contributed by atoms with Crippen LogP contribution in [-0.2, 0) is 11.4 Å². The molecule has 0 aliphatic carbocycles. The Labute approximate surface area is 222 Å². The summed E-state index contributed by atoms with van der Waals surface area (Å²) in [6.07, 6.45) is 1.83. The quantitative estimate of drug-likeness (QED) is 0.268. The number of carbonyl (C=O) groups is 1. The molecule has 0 radical (unpaired) electrons. The van der Waals surface area contributed by atoms with Gasteiger partial charge in [0.2, 0.25) is 0 Å². The topological polar surface area (TPSA) is 41.9 Å². The number of hydrogen-bond acceptors (Lipinski definition) is 4. The first-order valence-corrected chi connectivity index (χ1v) is 13.0. The number of amides is 1. The van der Waals surface area contributed by atoms with Gasteiger partial charge in [-0.05, 0) is 83.9 Å². The van der Waals surface area contributed by atoms with Gasteiger partial charge in [0.1, 0.15) is 18.2 Å². The molecule has 4 rings (SSSR count). The normalized spacial score (nSPS) is 16.1. The molecule has 8 heteroatoms. The van der Waals surface area contributed by atoms with Crippen molar-refractivity contribution in [3.05, 3.63) is 98.1 Å². The van der Waals surface area contributed by atoms with Gasteiger partial charge in [-0.3, -0.25) is 9.69 Å². The summed E-state index contributed by atoms with van der Waals surface area (Å²) in [4.78, 5) is 20.3. The van der Waals surface area contributed by atoms with Crippen LogP contribution in [0.25, 0.3) is 6.08 Å². The summed E-state index contributed by atoms with van der Waals surface area (Å²) in [7, 11) is 0. The fraction of sp³-hybridized carbons (Fsp3) is 0.185. The zero-order valence-corrected chi connectivity index (χ0v) is 22.3. The number of hydrogen-bond donors (Lipinski definition) is 0. The van der Waals surface area contributed by atoms with Gasteiger partial charge in [0.05, 0.1) is 10.6 Å². The molecule has 0 bridgehead atoms. The van der Waals surface area contributed by atoms with Gasteiger partial charge >= 0.3 is 0 Å². The highest BCUT2D eigenvalue weighted by Crippen LogP contribution is 2.37. The van der Waals surface area contributed by atoms with Crippen molar-refractivity contribution in [2.45, 2.75) is 20.5 Å². The van der Waals surface area contributed by atoms with E-state index in [-0.39, 0.29) is 24.2 Å². The zero-order valence-electron chi connectivity index (χ0n) is 19.2. The van der Waals surface area contributed by atoms with Crippen LogP contribution in [0, 0.1) is 11.7 Å². The maximum absolute atomic E-state index is 13.4. The minimum atomic E-state index is -0.290. The Bertz CT molecular complexity index is 1280. The van der Waals surface area contributed by atoms with Crippen LogP contribution in [0.15, 0.2) is 81.1 Å². The van der Waals surface area contributed by atoms with E-state index >= 15 is 0 Å². The van der Waals surface area contributed by atoms with E-state index in [2.05, 4.69) is 29.8 Å². The van der Waals surface area contributed by atoms with Gasteiger partial charge in [0.25, 0.3) is 5.91 Å². The molecule has 35 heavy (non-hydrogen) atoms. The summed E-state index contributed by atoms with van der Waals surface area (Å²) in [6, 6.07) is 19.0. The molecule has 1 amide bonds. The first-order chi connectivity index (χ1) is 16.8. The highest BCUT2D eigenvalue weighted by molar-refractivity contribution is 9.10. The second kappa shape index (κ2) is 11.4. The molecule has 0 aromatic heterocycles. The Hall–Kier alpha value is -2.61. The third-order valence-corrected chi connectivity index (χ3v) is 6.81. The van der Waals surface area contributed by atoms with Crippen LogP contribution in [-0.4, -0.2) is 22.5 Å². The molecule has 1 heterocycles. The third kappa shape index (κ3) is 6.75. The molecule has 1 saturated heterocycles. The van der Waals surface area contributed by atoms with E-state index in [1.165, 1.54) is 23.9 Å². The summed E-state index contributed by atoms with van der Waals surface area (Å²) in [5, 5.41) is 1.26. The monoisotopic (exact) mass is 572 g/mol. The molecular formula is C27H23BrClFN2O2S. The van der Waals surface area contributed by atoms with Gasteiger partial charge in [0.15, 0.2) is 5.17 Å². The lowest BCUT2D eigenvalue weighted by Crippen LogP contribution is -2.32. The molecule has 1 aliphatic rings. The average Bonchev–Trinajstić information content (AvgIpc) is 3.09. The Morgan fingerprint density at radius 1 is 1.11 bits per heavy atom. The average molecular weight is 574 g/mol. The van der Waals surface area contributed by atoms with Gasteiger partial charge < -0.3 is 4.74 Å². The number of carbonyl (C=O) groups excluding carboxylic acids is 1. The highest BCUT2D eigenvalue weighted by Gasteiger charge is 2.34. The van der Waals surface area contributed by atoms with E-state index in [4.69, 9.17) is 21.3 Å². The lowest BCUT2D eigenvalue weighted by Gasteiger charge is -2.17. The number of rotatable bonds is 7. The number of benzene rings is 3. The Kier molecular flexibility index (Phi) is 8.31. The van der Waals surface area contributed by atoms with Crippen molar-refractivity contribution < 1.29 is 13.9 Å². The second-order valence-corrected chi connectivity index (χ2v) is 10.7. The van der Waals surface area contributed by atoms with Crippen molar-refractivity contribution in [3.63, 3.8) is 0 Å². The van der Waals surface area contributed by atoms with Crippen molar-refractivity contribution in [1.29, 1.82) is 0 Å². The molecule has 1 fully saturated rings. The van der Waals surface area contributed by atoms with Crippen molar-refractivity contribution in [2.24, 2.45) is 10.9 Å². The van der Waals surface area contributed by atoms with Crippen LogP contribution in [0.4, 0.5) is 10.1 Å². The molecule has 0 N–H and O–H groups in total. The third-order valence-electron chi connectivity index (χ3n) is 5.05. The molecule has 0 saturated carbocycles. The standard InChI is InChI=1S/C27H23BrClFN2O2S/c1-17(2)15-32-26(33)25(35-27(32)31-23-10-6-21(29)7-11-23)14-19-13-20(28)5-12-24(19)34-16-18-3-8-22(30)9-4-18/h3-14,17H,15-16H2,1-2H3/b25-14-,31-27?. The Morgan fingerprint density at radius 2 is 1.83 bits per heavy atom. The fourth-order valence-electron chi connectivity index (χ4n) is 3.39. The van der Waals surface area contributed by atoms with Crippen molar-refractivity contribution in [3.8, 4) is 5.75 Å². The number of thioether (sulfide) groups is 1. The molecule has 0 spiro atoms. The van der Waals surface area contributed by atoms with Crippen molar-refractivity contribution in [1.82, 2.24) is 4.90 Å². The highest BCUT2D eigenvalue weighted by atomic mass is 79.9.